The van der Waals surface area contributed by atoms with Crippen LogP contribution in [0, 0.1) is 5.92 Å². The Kier molecular flexibility index (Phi) is 4.54. The molecule has 0 amide bonds. The first-order chi connectivity index (χ1) is 9.49. The van der Waals surface area contributed by atoms with Crippen LogP contribution in [-0.4, -0.2) is 40.4 Å². The summed E-state index contributed by atoms with van der Waals surface area (Å²) in [5.41, 5.74) is -0.866. The van der Waals surface area contributed by atoms with Gasteiger partial charge in [-0.05, 0) is 52.2 Å². The van der Waals surface area contributed by atoms with Crippen molar-refractivity contribution in [2.24, 2.45) is 5.92 Å². The van der Waals surface area contributed by atoms with E-state index in [4.69, 9.17) is 0 Å². The van der Waals surface area contributed by atoms with E-state index < -0.39 is 11.2 Å². The largest absolute Gasteiger partial charge is 0.328 e. The van der Waals surface area contributed by atoms with Crippen molar-refractivity contribution in [3.63, 3.8) is 0 Å². The Labute approximate surface area is 117 Å². The molecular formula is C14H21N3O3. The number of hydrogen-bond donors (Lipinski definition) is 1. The molecule has 0 spiro atoms. The second kappa shape index (κ2) is 6.17. The second-order valence-corrected chi connectivity index (χ2v) is 5.56. The van der Waals surface area contributed by atoms with E-state index in [2.05, 4.69) is 16.9 Å². The zero-order valence-corrected chi connectivity index (χ0v) is 12.0. The Hall–Kier alpha value is -1.69. The summed E-state index contributed by atoms with van der Waals surface area (Å²) in [5.74, 6) is 0.220. The van der Waals surface area contributed by atoms with E-state index in [9.17, 15) is 14.4 Å². The van der Waals surface area contributed by atoms with Crippen molar-refractivity contribution < 1.29 is 4.79 Å². The Bertz CT molecular complexity index is 594. The maximum absolute atomic E-state index is 12.1. The lowest BCUT2D eigenvalue weighted by atomic mass is 9.94. The number of nitrogens with zero attached hydrogens (tertiary/aromatic N) is 2. The van der Waals surface area contributed by atoms with Gasteiger partial charge in [0.25, 0.3) is 5.56 Å². The van der Waals surface area contributed by atoms with Crippen LogP contribution in [0.3, 0.4) is 0 Å². The number of H-pyrrole nitrogens is 1. The zero-order valence-electron chi connectivity index (χ0n) is 12.0. The normalized spacial score (nSPS) is 17.3. The number of likely N-dealkylation sites (tertiary alicyclic amines) is 1. The third kappa shape index (κ3) is 3.25. The molecule has 1 aliphatic heterocycles. The average Bonchev–Trinajstić information content (AvgIpc) is 2.40. The Morgan fingerprint density at radius 1 is 1.35 bits per heavy atom. The number of carbonyl (C=O) groups is 1. The predicted octanol–water partition coefficient (Wildman–Crippen LogP) is 0.471. The molecular weight excluding hydrogens is 258 g/mol. The quantitative estimate of drug-likeness (QED) is 0.813. The molecule has 2 rings (SSSR count). The van der Waals surface area contributed by atoms with Gasteiger partial charge in [0.2, 0.25) is 0 Å². The minimum atomic E-state index is -0.478. The van der Waals surface area contributed by atoms with Crippen LogP contribution < -0.4 is 11.2 Å². The van der Waals surface area contributed by atoms with E-state index in [1.54, 1.807) is 0 Å². The van der Waals surface area contributed by atoms with E-state index in [0.717, 1.165) is 36.9 Å². The zero-order chi connectivity index (χ0) is 14.7. The Morgan fingerprint density at radius 2 is 2.00 bits per heavy atom. The highest BCUT2D eigenvalue weighted by Gasteiger charge is 2.18. The smallest absolute Gasteiger partial charge is 0.313 e. The van der Waals surface area contributed by atoms with Crippen molar-refractivity contribution in [2.45, 2.75) is 32.7 Å². The maximum Gasteiger partial charge on any atom is 0.328 e. The van der Waals surface area contributed by atoms with Crippen LogP contribution in [0.25, 0.3) is 0 Å². The monoisotopic (exact) mass is 279 g/mol. The van der Waals surface area contributed by atoms with E-state index in [1.807, 2.05) is 0 Å². The lowest BCUT2D eigenvalue weighted by Crippen LogP contribution is -2.38. The van der Waals surface area contributed by atoms with Crippen LogP contribution in [0.4, 0.5) is 0 Å². The molecule has 1 aromatic rings. The summed E-state index contributed by atoms with van der Waals surface area (Å²) in [6.07, 6.45) is 4.20. The lowest BCUT2D eigenvalue weighted by molar-refractivity contribution is 0.101. The van der Waals surface area contributed by atoms with Gasteiger partial charge in [0.15, 0.2) is 5.78 Å². The molecule has 0 aromatic carbocycles. The van der Waals surface area contributed by atoms with Crippen LogP contribution in [0.15, 0.2) is 15.8 Å². The fourth-order valence-electron chi connectivity index (χ4n) is 2.63. The lowest BCUT2D eigenvalue weighted by Gasteiger charge is -2.28. The SMILES string of the molecule is CC(=O)c1c[nH]c(=O)n(CCC2CCN(C)CC2)c1=O. The molecule has 1 aromatic heterocycles. The minimum absolute atomic E-state index is 0.0491. The number of ketones is 1. The summed E-state index contributed by atoms with van der Waals surface area (Å²) in [6, 6.07) is 0. The summed E-state index contributed by atoms with van der Waals surface area (Å²) >= 11 is 0. The molecule has 1 N–H and O–H groups in total. The first-order valence-corrected chi connectivity index (χ1v) is 7.01. The molecule has 1 saturated heterocycles. The van der Waals surface area contributed by atoms with Crippen molar-refractivity contribution in [1.82, 2.24) is 14.5 Å². The van der Waals surface area contributed by atoms with Gasteiger partial charge in [0.05, 0.1) is 5.56 Å². The van der Waals surface area contributed by atoms with Crippen molar-refractivity contribution in [3.05, 3.63) is 32.6 Å². The molecule has 0 radical (unpaired) electrons. The van der Waals surface area contributed by atoms with Crippen molar-refractivity contribution in [2.75, 3.05) is 20.1 Å². The number of piperidine rings is 1. The highest BCUT2D eigenvalue weighted by molar-refractivity contribution is 5.93. The highest BCUT2D eigenvalue weighted by atomic mass is 16.2. The standard InChI is InChI=1S/C14H21N3O3/c1-10(18)12-9-15-14(20)17(13(12)19)8-5-11-3-6-16(2)7-4-11/h9,11H,3-8H2,1-2H3,(H,15,20). The number of hydrogen-bond acceptors (Lipinski definition) is 4. The summed E-state index contributed by atoms with van der Waals surface area (Å²) in [6.45, 7) is 3.83. The van der Waals surface area contributed by atoms with Crippen molar-refractivity contribution in [1.29, 1.82) is 0 Å². The summed E-state index contributed by atoms with van der Waals surface area (Å²) < 4.78 is 1.15. The van der Waals surface area contributed by atoms with Gasteiger partial charge >= 0.3 is 5.69 Å². The number of nitrogens with one attached hydrogen (secondary N) is 1. The van der Waals surface area contributed by atoms with Crippen LogP contribution in [0.2, 0.25) is 0 Å². The summed E-state index contributed by atoms with van der Waals surface area (Å²) in [5, 5.41) is 0. The topological polar surface area (TPSA) is 75.2 Å². The van der Waals surface area contributed by atoms with Crippen LogP contribution >= 0.6 is 0 Å². The number of carbonyl (C=O) groups excluding carboxylic acids is 1. The first-order valence-electron chi connectivity index (χ1n) is 7.01. The summed E-state index contributed by atoms with van der Waals surface area (Å²) in [7, 11) is 2.10. The Morgan fingerprint density at radius 3 is 2.60 bits per heavy atom. The minimum Gasteiger partial charge on any atom is -0.313 e. The summed E-state index contributed by atoms with van der Waals surface area (Å²) in [4.78, 5) is 39.9. The fourth-order valence-corrected chi connectivity index (χ4v) is 2.63. The van der Waals surface area contributed by atoms with Gasteiger partial charge in [-0.1, -0.05) is 0 Å². The van der Waals surface area contributed by atoms with Gasteiger partial charge < -0.3 is 9.88 Å². The predicted molar refractivity (Wildman–Crippen MR) is 76.2 cm³/mol. The molecule has 0 unspecified atom stereocenters. The van der Waals surface area contributed by atoms with Crippen molar-refractivity contribution >= 4 is 5.78 Å². The molecule has 1 fully saturated rings. The molecule has 20 heavy (non-hydrogen) atoms. The maximum atomic E-state index is 12.1. The molecule has 6 heteroatoms. The number of aromatic amines is 1. The van der Waals surface area contributed by atoms with Gasteiger partial charge in [0.1, 0.15) is 0 Å². The first kappa shape index (κ1) is 14.7. The molecule has 0 saturated carbocycles. The number of Topliss-reactive ketones (excluding diaryl/α,β-unsaturated/α-hetero) is 1. The van der Waals surface area contributed by atoms with E-state index in [1.165, 1.54) is 13.1 Å². The molecule has 110 valence electrons. The highest BCUT2D eigenvalue weighted by Crippen LogP contribution is 2.19. The van der Waals surface area contributed by atoms with E-state index in [-0.39, 0.29) is 11.3 Å². The van der Waals surface area contributed by atoms with Gasteiger partial charge in [0, 0.05) is 12.7 Å². The average molecular weight is 279 g/mol. The van der Waals surface area contributed by atoms with E-state index >= 15 is 0 Å². The van der Waals surface area contributed by atoms with E-state index in [0.29, 0.717) is 12.5 Å². The third-order valence-corrected chi connectivity index (χ3v) is 4.04. The third-order valence-electron chi connectivity index (χ3n) is 4.04. The van der Waals surface area contributed by atoms with Gasteiger partial charge in [-0.2, -0.15) is 0 Å². The van der Waals surface area contributed by atoms with Crippen molar-refractivity contribution in [3.8, 4) is 0 Å². The molecule has 1 aliphatic rings. The van der Waals surface area contributed by atoms with Crippen LogP contribution in [-0.2, 0) is 6.54 Å². The van der Waals surface area contributed by atoms with Gasteiger partial charge in [-0.15, -0.1) is 0 Å². The molecule has 0 aliphatic carbocycles. The van der Waals surface area contributed by atoms with Gasteiger partial charge in [-0.3, -0.25) is 14.2 Å². The fraction of sp³-hybridized carbons (Fsp3) is 0.643. The van der Waals surface area contributed by atoms with Crippen LogP contribution in [0.1, 0.15) is 36.5 Å². The second-order valence-electron chi connectivity index (χ2n) is 5.56. The molecule has 0 atom stereocenters. The molecule has 6 nitrogen and oxygen atoms in total. The number of rotatable bonds is 4. The molecule has 2 heterocycles. The Balaban J connectivity index is 2.10. The molecule has 0 bridgehead atoms. The van der Waals surface area contributed by atoms with Crippen LogP contribution in [0.5, 0.6) is 0 Å². The number of aromatic nitrogens is 2. The van der Waals surface area contributed by atoms with Gasteiger partial charge in [-0.25, -0.2) is 4.79 Å².